The van der Waals surface area contributed by atoms with Gasteiger partial charge in [0.2, 0.25) is 0 Å². The maximum absolute atomic E-state index is 6.10. The Hall–Kier alpha value is -0.0900. The van der Waals surface area contributed by atoms with E-state index < -0.39 is 0 Å². The number of halogens is 2. The van der Waals surface area contributed by atoms with E-state index in [1.54, 1.807) is 0 Å². The molecule has 1 saturated carbocycles. The highest BCUT2D eigenvalue weighted by Crippen LogP contribution is 2.38. The summed E-state index contributed by atoms with van der Waals surface area (Å²) in [6.07, 6.45) is 5.11. The smallest absolute Gasteiger partial charge is 0.0548 e. The lowest BCUT2D eigenvalue weighted by molar-refractivity contribution is 0.0966. The van der Waals surface area contributed by atoms with E-state index in [1.165, 1.54) is 31.2 Å². The number of rotatable bonds is 4. The van der Waals surface area contributed by atoms with Gasteiger partial charge in [0.25, 0.3) is 0 Å². The van der Waals surface area contributed by atoms with Crippen LogP contribution in [0, 0.1) is 5.41 Å². The van der Waals surface area contributed by atoms with E-state index in [0.29, 0.717) is 18.0 Å². The molecule has 2 nitrogen and oxygen atoms in total. The van der Waals surface area contributed by atoms with Crippen molar-refractivity contribution in [3.8, 4) is 0 Å². The SMILES string of the molecule is CN(C1CCC(C)(C)CC1)C(CN)c1ccc(Cl)c(Br)c1. The zero-order chi connectivity index (χ0) is 15.6. The molecule has 1 atom stereocenters. The summed E-state index contributed by atoms with van der Waals surface area (Å²) in [6.45, 7) is 5.38. The van der Waals surface area contributed by atoms with Crippen LogP contribution in [0.3, 0.4) is 0 Å². The van der Waals surface area contributed by atoms with Gasteiger partial charge >= 0.3 is 0 Å². The van der Waals surface area contributed by atoms with Gasteiger partial charge in [0, 0.05) is 23.1 Å². The maximum Gasteiger partial charge on any atom is 0.0548 e. The second kappa shape index (κ2) is 6.99. The molecule has 21 heavy (non-hydrogen) atoms. The monoisotopic (exact) mass is 372 g/mol. The van der Waals surface area contributed by atoms with Crippen LogP contribution in [0.5, 0.6) is 0 Å². The molecular formula is C17H26BrClN2. The zero-order valence-electron chi connectivity index (χ0n) is 13.2. The molecule has 0 heterocycles. The molecule has 4 heteroatoms. The van der Waals surface area contributed by atoms with Crippen molar-refractivity contribution in [1.82, 2.24) is 4.90 Å². The highest BCUT2D eigenvalue weighted by molar-refractivity contribution is 9.10. The van der Waals surface area contributed by atoms with Gasteiger partial charge in [-0.15, -0.1) is 0 Å². The number of benzene rings is 1. The number of hydrogen-bond acceptors (Lipinski definition) is 2. The van der Waals surface area contributed by atoms with Gasteiger partial charge in [-0.25, -0.2) is 0 Å². The van der Waals surface area contributed by atoms with Crippen molar-refractivity contribution in [3.05, 3.63) is 33.3 Å². The summed E-state index contributed by atoms with van der Waals surface area (Å²) in [7, 11) is 2.21. The van der Waals surface area contributed by atoms with Gasteiger partial charge in [0.1, 0.15) is 0 Å². The molecule has 0 bridgehead atoms. The predicted molar refractivity (Wildman–Crippen MR) is 94.7 cm³/mol. The molecule has 0 aliphatic heterocycles. The standard InChI is InChI=1S/C17H26BrClN2/c1-17(2)8-6-13(7-9-17)21(3)16(11-20)12-4-5-15(19)14(18)10-12/h4-5,10,13,16H,6-9,11,20H2,1-3H3. The molecule has 2 N–H and O–H groups in total. The molecule has 1 aromatic carbocycles. The zero-order valence-corrected chi connectivity index (χ0v) is 15.5. The van der Waals surface area contributed by atoms with Crippen molar-refractivity contribution < 1.29 is 0 Å². The Morgan fingerprint density at radius 1 is 1.38 bits per heavy atom. The van der Waals surface area contributed by atoms with E-state index in [-0.39, 0.29) is 6.04 Å². The number of likely N-dealkylation sites (N-methyl/N-ethyl adjacent to an activating group) is 1. The first-order valence-electron chi connectivity index (χ1n) is 7.71. The van der Waals surface area contributed by atoms with Gasteiger partial charge in [-0.2, -0.15) is 0 Å². The first kappa shape index (κ1) is 17.3. The minimum Gasteiger partial charge on any atom is -0.329 e. The summed E-state index contributed by atoms with van der Waals surface area (Å²) in [4.78, 5) is 2.46. The lowest BCUT2D eigenvalue weighted by Crippen LogP contribution is -2.41. The average Bonchev–Trinajstić information content (AvgIpc) is 2.43. The normalized spacial score (nSPS) is 20.7. The van der Waals surface area contributed by atoms with Gasteiger partial charge in [-0.05, 0) is 71.8 Å². The number of nitrogens with two attached hydrogens (primary N) is 1. The largest absolute Gasteiger partial charge is 0.329 e. The average molecular weight is 374 g/mol. The molecule has 2 rings (SSSR count). The van der Waals surface area contributed by atoms with Crippen LogP contribution in [0.1, 0.15) is 51.1 Å². The topological polar surface area (TPSA) is 29.3 Å². The molecule has 0 spiro atoms. The van der Waals surface area contributed by atoms with Crippen LogP contribution in [-0.4, -0.2) is 24.5 Å². The van der Waals surface area contributed by atoms with Crippen LogP contribution >= 0.6 is 27.5 Å². The molecule has 0 saturated heterocycles. The van der Waals surface area contributed by atoms with Gasteiger partial charge in [-0.3, -0.25) is 4.90 Å². The Labute approximate surface area is 142 Å². The molecule has 1 fully saturated rings. The molecule has 118 valence electrons. The fraction of sp³-hybridized carbons (Fsp3) is 0.647. The lowest BCUT2D eigenvalue weighted by atomic mass is 9.75. The van der Waals surface area contributed by atoms with Crippen molar-refractivity contribution in [3.63, 3.8) is 0 Å². The molecular weight excluding hydrogens is 348 g/mol. The van der Waals surface area contributed by atoms with E-state index in [9.17, 15) is 0 Å². The van der Waals surface area contributed by atoms with Crippen LogP contribution in [-0.2, 0) is 0 Å². The molecule has 1 aliphatic carbocycles. The predicted octanol–water partition coefficient (Wildman–Crippen LogP) is 5.00. The summed E-state index contributed by atoms with van der Waals surface area (Å²) in [5, 5.41) is 0.747. The highest BCUT2D eigenvalue weighted by atomic mass is 79.9. The minimum atomic E-state index is 0.254. The molecule has 1 aromatic rings. The van der Waals surface area contributed by atoms with Crippen LogP contribution < -0.4 is 5.73 Å². The summed E-state index contributed by atoms with van der Waals surface area (Å²) in [6, 6.07) is 7.02. The summed E-state index contributed by atoms with van der Waals surface area (Å²) >= 11 is 9.61. The van der Waals surface area contributed by atoms with Crippen molar-refractivity contribution in [2.24, 2.45) is 11.1 Å². The third-order valence-electron chi connectivity index (χ3n) is 4.93. The van der Waals surface area contributed by atoms with Crippen molar-refractivity contribution >= 4 is 27.5 Å². The molecule has 0 amide bonds. The van der Waals surface area contributed by atoms with Gasteiger partial charge in [0.05, 0.1) is 5.02 Å². The van der Waals surface area contributed by atoms with E-state index in [4.69, 9.17) is 17.3 Å². The molecule has 1 unspecified atom stereocenters. The van der Waals surface area contributed by atoms with Crippen LogP contribution in [0.2, 0.25) is 5.02 Å². The van der Waals surface area contributed by atoms with E-state index in [0.717, 1.165) is 9.50 Å². The number of hydrogen-bond donors (Lipinski definition) is 1. The first-order chi connectivity index (χ1) is 9.84. The Morgan fingerprint density at radius 2 is 2.00 bits per heavy atom. The van der Waals surface area contributed by atoms with E-state index in [1.807, 2.05) is 6.07 Å². The van der Waals surface area contributed by atoms with Crippen molar-refractivity contribution in [2.75, 3.05) is 13.6 Å². The Bertz CT molecular complexity index is 480. The van der Waals surface area contributed by atoms with Gasteiger partial charge < -0.3 is 5.73 Å². The Kier molecular flexibility index (Phi) is 5.75. The summed E-state index contributed by atoms with van der Waals surface area (Å²) in [5.41, 5.74) is 7.80. The molecule has 0 radical (unpaired) electrons. The minimum absolute atomic E-state index is 0.254. The Morgan fingerprint density at radius 3 is 2.52 bits per heavy atom. The van der Waals surface area contributed by atoms with Crippen LogP contribution in [0.15, 0.2) is 22.7 Å². The second-order valence-corrected chi connectivity index (χ2v) is 8.25. The van der Waals surface area contributed by atoms with Crippen LogP contribution in [0.4, 0.5) is 0 Å². The molecule has 0 aromatic heterocycles. The number of nitrogens with zero attached hydrogens (tertiary/aromatic N) is 1. The third-order valence-corrected chi connectivity index (χ3v) is 6.14. The quantitative estimate of drug-likeness (QED) is 0.804. The molecule has 1 aliphatic rings. The summed E-state index contributed by atoms with van der Waals surface area (Å²) < 4.78 is 0.943. The van der Waals surface area contributed by atoms with E-state index >= 15 is 0 Å². The van der Waals surface area contributed by atoms with Crippen LogP contribution in [0.25, 0.3) is 0 Å². The fourth-order valence-electron chi connectivity index (χ4n) is 3.30. The summed E-state index contributed by atoms with van der Waals surface area (Å²) in [5.74, 6) is 0. The first-order valence-corrected chi connectivity index (χ1v) is 8.88. The Balaban J connectivity index is 2.11. The van der Waals surface area contributed by atoms with Gasteiger partial charge in [-0.1, -0.05) is 31.5 Å². The second-order valence-electron chi connectivity index (χ2n) is 6.99. The highest BCUT2D eigenvalue weighted by Gasteiger charge is 2.31. The fourth-order valence-corrected chi connectivity index (χ4v) is 3.82. The third kappa shape index (κ3) is 4.22. The lowest BCUT2D eigenvalue weighted by Gasteiger charge is -2.41. The van der Waals surface area contributed by atoms with Crippen molar-refractivity contribution in [1.29, 1.82) is 0 Å². The van der Waals surface area contributed by atoms with E-state index in [2.05, 4.69) is 53.9 Å². The maximum atomic E-state index is 6.10. The van der Waals surface area contributed by atoms with Gasteiger partial charge in [0.15, 0.2) is 0 Å². The van der Waals surface area contributed by atoms with Crippen molar-refractivity contribution in [2.45, 2.75) is 51.6 Å².